The van der Waals surface area contributed by atoms with Crippen molar-refractivity contribution in [1.29, 1.82) is 0 Å². The Bertz CT molecular complexity index is 1200. The zero-order valence-electron chi connectivity index (χ0n) is 21.8. The molecule has 4 rings (SSSR count). The lowest BCUT2D eigenvalue weighted by atomic mass is 10.0. The molecule has 3 aromatic carbocycles. The molecule has 0 aliphatic carbocycles. The van der Waals surface area contributed by atoms with E-state index in [-0.39, 0.29) is 31.1 Å². The minimum absolute atomic E-state index is 0.00523. The zero-order chi connectivity index (χ0) is 27.5. The van der Waals surface area contributed by atoms with Crippen LogP contribution in [0.15, 0.2) is 83.8 Å². The third kappa shape index (κ3) is 9.21. The summed E-state index contributed by atoms with van der Waals surface area (Å²) >= 11 is 1.75. The average Bonchev–Trinajstić information content (AvgIpc) is 2.96. The van der Waals surface area contributed by atoms with E-state index < -0.39 is 12.3 Å². The van der Waals surface area contributed by atoms with Crippen molar-refractivity contribution in [1.82, 2.24) is 0 Å². The average molecular weight is 550 g/mol. The second-order valence-corrected chi connectivity index (χ2v) is 10.7. The minimum atomic E-state index is -0.811. The van der Waals surface area contributed by atoms with Crippen LogP contribution in [0.4, 0.5) is 5.69 Å². The predicted octanol–water partition coefficient (Wildman–Crippen LogP) is 6.49. The Labute approximate surface area is 233 Å². The maximum Gasteiger partial charge on any atom is 0.303 e. The van der Waals surface area contributed by atoms with E-state index in [1.54, 1.807) is 11.8 Å². The fourth-order valence-corrected chi connectivity index (χ4v) is 5.40. The van der Waals surface area contributed by atoms with Gasteiger partial charge in [0.1, 0.15) is 0 Å². The Morgan fingerprint density at radius 2 is 1.64 bits per heavy atom. The molecular formula is C31H35NO6S. The maximum absolute atomic E-state index is 12.4. The van der Waals surface area contributed by atoms with E-state index in [0.717, 1.165) is 22.4 Å². The Morgan fingerprint density at radius 1 is 0.872 bits per heavy atom. The zero-order valence-corrected chi connectivity index (χ0v) is 22.6. The molecule has 39 heavy (non-hydrogen) atoms. The molecule has 7 nitrogen and oxygen atoms in total. The van der Waals surface area contributed by atoms with Crippen LogP contribution in [0.3, 0.4) is 0 Å². The van der Waals surface area contributed by atoms with Crippen LogP contribution >= 0.6 is 11.8 Å². The Morgan fingerprint density at radius 3 is 2.38 bits per heavy atom. The first-order valence-corrected chi connectivity index (χ1v) is 14.3. The number of unbranched alkanes of at least 4 members (excludes halogenated alkanes) is 2. The van der Waals surface area contributed by atoms with Crippen molar-refractivity contribution in [2.75, 3.05) is 11.1 Å². The number of carbonyl (C=O) groups is 2. The molecular weight excluding hydrogens is 514 g/mol. The summed E-state index contributed by atoms with van der Waals surface area (Å²) in [5.41, 5.74) is 3.37. The van der Waals surface area contributed by atoms with Crippen molar-refractivity contribution in [3.63, 3.8) is 0 Å². The first-order valence-electron chi connectivity index (χ1n) is 13.3. The molecule has 1 fully saturated rings. The Kier molecular flexibility index (Phi) is 11.0. The summed E-state index contributed by atoms with van der Waals surface area (Å²) in [7, 11) is 0. The van der Waals surface area contributed by atoms with Crippen LogP contribution in [0.1, 0.15) is 67.6 Å². The van der Waals surface area contributed by atoms with Crippen LogP contribution in [-0.2, 0) is 25.7 Å². The summed E-state index contributed by atoms with van der Waals surface area (Å²) < 4.78 is 12.8. The topological polar surface area (TPSA) is 105 Å². The number of carboxylic acids is 1. The van der Waals surface area contributed by atoms with Crippen LogP contribution in [-0.4, -0.2) is 33.9 Å². The third-order valence-corrected chi connectivity index (χ3v) is 7.68. The number of amides is 1. The van der Waals surface area contributed by atoms with Gasteiger partial charge in [-0.2, -0.15) is 0 Å². The van der Waals surface area contributed by atoms with Gasteiger partial charge in [-0.15, -0.1) is 11.8 Å². The van der Waals surface area contributed by atoms with Crippen molar-refractivity contribution in [3.8, 4) is 0 Å². The summed E-state index contributed by atoms with van der Waals surface area (Å²) in [6.07, 6.45) is 2.25. The normalized spacial score (nSPS) is 18.9. The third-order valence-electron chi connectivity index (χ3n) is 6.53. The number of benzene rings is 3. The van der Waals surface area contributed by atoms with Crippen LogP contribution < -0.4 is 5.32 Å². The number of carbonyl (C=O) groups excluding carboxylic acids is 1. The van der Waals surface area contributed by atoms with E-state index in [1.807, 2.05) is 66.7 Å². The highest BCUT2D eigenvalue weighted by Crippen LogP contribution is 2.39. The monoisotopic (exact) mass is 549 g/mol. The first kappa shape index (κ1) is 28.8. The predicted molar refractivity (Wildman–Crippen MR) is 151 cm³/mol. The summed E-state index contributed by atoms with van der Waals surface area (Å²) in [5, 5.41) is 21.1. The number of aliphatic hydroxyl groups is 1. The number of ether oxygens (including phenoxy) is 2. The molecule has 1 aliphatic rings. The molecule has 206 valence electrons. The van der Waals surface area contributed by atoms with Gasteiger partial charge >= 0.3 is 5.97 Å². The van der Waals surface area contributed by atoms with Crippen LogP contribution in [0, 0.1) is 0 Å². The molecule has 3 aromatic rings. The number of aliphatic hydroxyl groups excluding tert-OH is 1. The van der Waals surface area contributed by atoms with Gasteiger partial charge < -0.3 is 25.0 Å². The van der Waals surface area contributed by atoms with E-state index >= 15 is 0 Å². The van der Waals surface area contributed by atoms with Crippen molar-refractivity contribution in [2.24, 2.45) is 0 Å². The first-order chi connectivity index (χ1) is 19.0. The van der Waals surface area contributed by atoms with Crippen molar-refractivity contribution in [3.05, 3.63) is 95.6 Å². The van der Waals surface area contributed by atoms with Gasteiger partial charge in [0.25, 0.3) is 0 Å². The van der Waals surface area contributed by atoms with Gasteiger partial charge in [0.15, 0.2) is 6.29 Å². The second kappa shape index (κ2) is 14.8. The lowest BCUT2D eigenvalue weighted by molar-refractivity contribution is -0.245. The molecule has 0 bridgehead atoms. The lowest BCUT2D eigenvalue weighted by Gasteiger charge is -2.36. The van der Waals surface area contributed by atoms with E-state index in [4.69, 9.17) is 14.6 Å². The van der Waals surface area contributed by atoms with Crippen molar-refractivity contribution in [2.45, 2.75) is 68.5 Å². The molecule has 1 saturated heterocycles. The fourth-order valence-electron chi connectivity index (χ4n) is 4.45. The molecule has 1 heterocycles. The molecule has 0 saturated carbocycles. The molecule has 8 heteroatoms. The number of hydrogen-bond acceptors (Lipinski definition) is 6. The van der Waals surface area contributed by atoms with Crippen LogP contribution in [0.5, 0.6) is 0 Å². The Hall–Kier alpha value is -3.17. The van der Waals surface area contributed by atoms with Gasteiger partial charge in [-0.3, -0.25) is 9.59 Å². The molecule has 0 unspecified atom stereocenters. The van der Waals surface area contributed by atoms with E-state index in [2.05, 4.69) is 17.4 Å². The van der Waals surface area contributed by atoms with Crippen molar-refractivity contribution >= 4 is 29.3 Å². The number of anilines is 1. The van der Waals surface area contributed by atoms with Crippen LogP contribution in [0.2, 0.25) is 0 Å². The Balaban J connectivity index is 1.42. The van der Waals surface area contributed by atoms with E-state index in [9.17, 15) is 14.7 Å². The number of nitrogens with one attached hydrogen (secondary N) is 1. The van der Waals surface area contributed by atoms with E-state index in [0.29, 0.717) is 37.8 Å². The largest absolute Gasteiger partial charge is 0.481 e. The van der Waals surface area contributed by atoms with Gasteiger partial charge in [0.2, 0.25) is 5.91 Å². The summed E-state index contributed by atoms with van der Waals surface area (Å²) in [5.74, 6) is -0.145. The number of carboxylic acid groups (broad SMARTS) is 1. The molecule has 0 aromatic heterocycles. The number of aliphatic carboxylic acids is 1. The van der Waals surface area contributed by atoms with Gasteiger partial charge in [0.05, 0.1) is 18.8 Å². The van der Waals surface area contributed by atoms with Gasteiger partial charge in [-0.25, -0.2) is 0 Å². The second-order valence-electron chi connectivity index (χ2n) is 9.60. The standard InChI is InChI=1S/C31H35NO6S/c33-20-22-14-16-23(17-15-22)28-19-26(21-39-27-10-3-1-4-11-27)37-31(38-28)24-8-7-9-25(18-24)32-29(34)12-5-2-6-13-30(35)36/h1,3-4,7-11,14-18,26,28,31,33H,2,5-6,12-13,19-21H2,(H,32,34)(H,35,36)/t26-,28+,31+/m1/s1. The molecule has 1 amide bonds. The van der Waals surface area contributed by atoms with Gasteiger partial charge in [-0.05, 0) is 48.2 Å². The minimum Gasteiger partial charge on any atom is -0.481 e. The highest BCUT2D eigenvalue weighted by atomic mass is 32.2. The smallest absolute Gasteiger partial charge is 0.303 e. The number of rotatable bonds is 13. The molecule has 3 N–H and O–H groups in total. The maximum atomic E-state index is 12.4. The fraction of sp³-hybridized carbons (Fsp3) is 0.355. The summed E-state index contributed by atoms with van der Waals surface area (Å²) in [6.45, 7) is -0.00523. The lowest BCUT2D eigenvalue weighted by Crippen LogP contribution is -2.31. The van der Waals surface area contributed by atoms with Crippen molar-refractivity contribution < 1.29 is 29.3 Å². The number of hydrogen-bond donors (Lipinski definition) is 3. The molecule has 0 radical (unpaired) electrons. The quantitative estimate of drug-likeness (QED) is 0.165. The molecule has 0 spiro atoms. The molecule has 3 atom stereocenters. The number of thioether (sulfide) groups is 1. The highest BCUT2D eigenvalue weighted by molar-refractivity contribution is 7.99. The van der Waals surface area contributed by atoms with E-state index in [1.165, 1.54) is 4.90 Å². The summed E-state index contributed by atoms with van der Waals surface area (Å²) in [4.78, 5) is 24.3. The summed E-state index contributed by atoms with van der Waals surface area (Å²) in [6, 6.07) is 25.6. The van der Waals surface area contributed by atoms with Crippen LogP contribution in [0.25, 0.3) is 0 Å². The van der Waals surface area contributed by atoms with Gasteiger partial charge in [0, 0.05) is 41.2 Å². The SMILES string of the molecule is O=C(O)CCCCCC(=O)Nc1cccc([C@H]2O[C@@H](CSc3ccccc3)C[C@@H](c3ccc(CO)cc3)O2)c1. The molecule has 1 aliphatic heterocycles. The highest BCUT2D eigenvalue weighted by Gasteiger charge is 2.32. The van der Waals surface area contributed by atoms with Gasteiger partial charge in [-0.1, -0.05) is 61.0 Å².